The number of fused-ring (bicyclic) bond motifs is 1. The summed E-state index contributed by atoms with van der Waals surface area (Å²) in [5.74, 6) is -0.0407. The van der Waals surface area contributed by atoms with E-state index >= 15 is 0 Å². The second kappa shape index (κ2) is 7.71. The first-order valence-corrected chi connectivity index (χ1v) is 9.12. The van der Waals surface area contributed by atoms with Gasteiger partial charge in [0.05, 0.1) is 15.9 Å². The third-order valence-corrected chi connectivity index (χ3v) is 4.50. The summed E-state index contributed by atoms with van der Waals surface area (Å²) in [6.07, 6.45) is 1.33. The van der Waals surface area contributed by atoms with E-state index < -0.39 is 0 Å². The molecule has 3 aromatic rings. The first kappa shape index (κ1) is 19.4. The molecule has 0 saturated carbocycles. The molecule has 2 aromatic carbocycles. The summed E-state index contributed by atoms with van der Waals surface area (Å²) in [5.41, 5.74) is 2.47. The number of benzene rings is 2. The Hall–Kier alpha value is -2.37. The smallest absolute Gasteiger partial charge is 0.262 e. The fourth-order valence-corrected chi connectivity index (χ4v) is 3.11. The third-order valence-electron chi connectivity index (χ3n) is 4.00. The standard InChI is InChI=1S/C20H19Cl2N3O2/c1-20(2,3)12-4-6-14(7-5-12)25-17(26)10-27-19-15-8-13(21)9-16(22)18(15)23-11-24-19/h4-9,11H,10H2,1-3H3,(H,25,26). The van der Waals surface area contributed by atoms with Crippen molar-refractivity contribution >= 4 is 45.7 Å². The highest BCUT2D eigenvalue weighted by Gasteiger charge is 2.14. The molecule has 1 N–H and O–H groups in total. The van der Waals surface area contributed by atoms with Gasteiger partial charge in [0.2, 0.25) is 5.88 Å². The van der Waals surface area contributed by atoms with Crippen molar-refractivity contribution in [1.82, 2.24) is 9.97 Å². The van der Waals surface area contributed by atoms with E-state index in [-0.39, 0.29) is 23.8 Å². The molecule has 0 spiro atoms. The summed E-state index contributed by atoms with van der Waals surface area (Å²) in [4.78, 5) is 20.4. The maximum atomic E-state index is 12.2. The monoisotopic (exact) mass is 403 g/mol. The number of carbonyl (C=O) groups is 1. The molecule has 0 aliphatic carbocycles. The quantitative estimate of drug-likeness (QED) is 0.645. The zero-order chi connectivity index (χ0) is 19.6. The molecule has 5 nitrogen and oxygen atoms in total. The van der Waals surface area contributed by atoms with Crippen molar-refractivity contribution in [3.63, 3.8) is 0 Å². The molecule has 7 heteroatoms. The fraction of sp³-hybridized carbons (Fsp3) is 0.250. The van der Waals surface area contributed by atoms with Crippen molar-refractivity contribution < 1.29 is 9.53 Å². The van der Waals surface area contributed by atoms with Gasteiger partial charge in [-0.1, -0.05) is 56.1 Å². The van der Waals surface area contributed by atoms with Crippen molar-refractivity contribution in [1.29, 1.82) is 0 Å². The third kappa shape index (κ3) is 4.67. The average molecular weight is 404 g/mol. The van der Waals surface area contributed by atoms with Gasteiger partial charge in [0, 0.05) is 10.7 Å². The van der Waals surface area contributed by atoms with E-state index in [4.69, 9.17) is 27.9 Å². The van der Waals surface area contributed by atoms with Gasteiger partial charge in [-0.05, 0) is 35.2 Å². The Labute approximate surface area is 167 Å². The Morgan fingerprint density at radius 1 is 1.11 bits per heavy atom. The Morgan fingerprint density at radius 3 is 2.48 bits per heavy atom. The van der Waals surface area contributed by atoms with Crippen molar-refractivity contribution in [3.8, 4) is 5.88 Å². The second-order valence-electron chi connectivity index (χ2n) is 7.13. The van der Waals surface area contributed by atoms with Crippen molar-refractivity contribution in [3.05, 3.63) is 58.3 Å². The van der Waals surface area contributed by atoms with E-state index in [2.05, 4.69) is 36.1 Å². The number of amides is 1. The zero-order valence-corrected chi connectivity index (χ0v) is 16.7. The molecule has 0 radical (unpaired) electrons. The lowest BCUT2D eigenvalue weighted by atomic mass is 9.87. The number of nitrogens with one attached hydrogen (secondary N) is 1. The SMILES string of the molecule is CC(C)(C)c1ccc(NC(=O)COc2ncnc3c(Cl)cc(Cl)cc23)cc1. The zero-order valence-electron chi connectivity index (χ0n) is 15.2. The number of nitrogens with zero attached hydrogens (tertiary/aromatic N) is 2. The minimum absolute atomic E-state index is 0.0578. The van der Waals surface area contributed by atoms with Gasteiger partial charge in [-0.2, -0.15) is 0 Å². The predicted octanol–water partition coefficient (Wildman–Crippen LogP) is 5.25. The Morgan fingerprint density at radius 2 is 1.81 bits per heavy atom. The first-order valence-electron chi connectivity index (χ1n) is 8.37. The molecule has 27 heavy (non-hydrogen) atoms. The van der Waals surface area contributed by atoms with Gasteiger partial charge in [-0.25, -0.2) is 9.97 Å². The van der Waals surface area contributed by atoms with Crippen LogP contribution >= 0.6 is 23.2 Å². The largest absolute Gasteiger partial charge is 0.467 e. The molecule has 0 atom stereocenters. The second-order valence-corrected chi connectivity index (χ2v) is 7.97. The van der Waals surface area contributed by atoms with Crippen LogP contribution < -0.4 is 10.1 Å². The van der Waals surface area contributed by atoms with Crippen molar-refractivity contribution in [2.75, 3.05) is 11.9 Å². The van der Waals surface area contributed by atoms with E-state index in [0.717, 1.165) is 0 Å². The van der Waals surface area contributed by atoms with E-state index in [0.29, 0.717) is 26.6 Å². The van der Waals surface area contributed by atoms with Gasteiger partial charge in [0.1, 0.15) is 6.33 Å². The molecular formula is C20H19Cl2N3O2. The molecule has 0 fully saturated rings. The average Bonchev–Trinajstić information content (AvgIpc) is 2.59. The number of anilines is 1. The molecule has 1 amide bonds. The van der Waals surface area contributed by atoms with E-state index in [9.17, 15) is 4.79 Å². The highest BCUT2D eigenvalue weighted by atomic mass is 35.5. The topological polar surface area (TPSA) is 64.1 Å². The van der Waals surface area contributed by atoms with Gasteiger partial charge in [0.15, 0.2) is 6.61 Å². The number of ether oxygens (including phenoxy) is 1. The number of hydrogen-bond donors (Lipinski definition) is 1. The van der Waals surface area contributed by atoms with Crippen molar-refractivity contribution in [2.24, 2.45) is 0 Å². The normalized spacial score (nSPS) is 11.4. The van der Waals surface area contributed by atoms with Gasteiger partial charge < -0.3 is 10.1 Å². The van der Waals surface area contributed by atoms with Crippen LogP contribution in [0.5, 0.6) is 5.88 Å². The van der Waals surface area contributed by atoms with Crippen LogP contribution in [-0.2, 0) is 10.2 Å². The Kier molecular flexibility index (Phi) is 5.53. The van der Waals surface area contributed by atoms with Gasteiger partial charge in [-0.3, -0.25) is 4.79 Å². The minimum Gasteiger partial charge on any atom is -0.467 e. The minimum atomic E-state index is -0.293. The molecule has 0 saturated heterocycles. The molecule has 1 heterocycles. The maximum absolute atomic E-state index is 12.2. The lowest BCUT2D eigenvalue weighted by molar-refractivity contribution is -0.118. The number of aromatic nitrogens is 2. The maximum Gasteiger partial charge on any atom is 0.262 e. The molecule has 1 aromatic heterocycles. The van der Waals surface area contributed by atoms with E-state index in [1.807, 2.05) is 24.3 Å². The lowest BCUT2D eigenvalue weighted by Gasteiger charge is -2.19. The van der Waals surface area contributed by atoms with Crippen LogP contribution in [0.1, 0.15) is 26.3 Å². The predicted molar refractivity (Wildman–Crippen MR) is 109 cm³/mol. The summed E-state index contributed by atoms with van der Waals surface area (Å²) in [6, 6.07) is 11.0. The fourth-order valence-electron chi connectivity index (χ4n) is 2.57. The number of hydrogen-bond acceptors (Lipinski definition) is 4. The number of halogens is 2. The van der Waals surface area contributed by atoms with Crippen LogP contribution in [0.3, 0.4) is 0 Å². The van der Waals surface area contributed by atoms with Crippen LogP contribution in [-0.4, -0.2) is 22.5 Å². The summed E-state index contributed by atoms with van der Waals surface area (Å²) >= 11 is 12.2. The van der Waals surface area contributed by atoms with Crippen LogP contribution in [0.25, 0.3) is 10.9 Å². The van der Waals surface area contributed by atoms with Crippen LogP contribution in [0.15, 0.2) is 42.7 Å². The van der Waals surface area contributed by atoms with Crippen LogP contribution in [0.2, 0.25) is 10.0 Å². The lowest BCUT2D eigenvalue weighted by Crippen LogP contribution is -2.20. The molecule has 0 unspecified atom stereocenters. The van der Waals surface area contributed by atoms with Crippen LogP contribution in [0, 0.1) is 0 Å². The Balaban J connectivity index is 1.69. The number of carbonyl (C=O) groups excluding carboxylic acids is 1. The van der Waals surface area contributed by atoms with E-state index in [1.165, 1.54) is 11.9 Å². The molecule has 0 aliphatic heterocycles. The van der Waals surface area contributed by atoms with Gasteiger partial charge in [0.25, 0.3) is 5.91 Å². The highest BCUT2D eigenvalue weighted by molar-refractivity contribution is 6.38. The summed E-state index contributed by atoms with van der Waals surface area (Å²) in [7, 11) is 0. The Bertz CT molecular complexity index is 983. The van der Waals surface area contributed by atoms with E-state index in [1.54, 1.807) is 12.1 Å². The van der Waals surface area contributed by atoms with Crippen LogP contribution in [0.4, 0.5) is 5.69 Å². The molecule has 3 rings (SSSR count). The summed E-state index contributed by atoms with van der Waals surface area (Å²) in [5, 5.41) is 4.19. The van der Waals surface area contributed by atoms with Gasteiger partial charge in [-0.15, -0.1) is 0 Å². The first-order chi connectivity index (χ1) is 12.7. The van der Waals surface area contributed by atoms with Crippen molar-refractivity contribution in [2.45, 2.75) is 26.2 Å². The molecule has 140 valence electrons. The summed E-state index contributed by atoms with van der Waals surface area (Å²) < 4.78 is 5.56. The molecule has 0 aliphatic rings. The van der Waals surface area contributed by atoms with Gasteiger partial charge >= 0.3 is 0 Å². The number of rotatable bonds is 4. The summed E-state index contributed by atoms with van der Waals surface area (Å²) in [6.45, 7) is 6.22. The molecule has 0 bridgehead atoms. The molecular weight excluding hydrogens is 385 g/mol. The highest BCUT2D eigenvalue weighted by Crippen LogP contribution is 2.30.